The van der Waals surface area contributed by atoms with Crippen LogP contribution >= 0.6 is 0 Å². The normalized spacial score (nSPS) is 15.6. The van der Waals surface area contributed by atoms with Crippen LogP contribution in [0.3, 0.4) is 0 Å². The predicted molar refractivity (Wildman–Crippen MR) is 92.5 cm³/mol. The molecule has 0 spiro atoms. The number of hydrogen-bond donors (Lipinski definition) is 1. The standard InChI is InChI=1S/C20H17F3N2O/c21-15-6-5-14(18(22)19(15)23)20(26)25-9-7-12(8-10-25)17-11-13-3-1-2-4-16(13)24-17/h1-6,11-12,24H,7-10H2. The minimum absolute atomic E-state index is 0.279. The van der Waals surface area contributed by atoms with Gasteiger partial charge in [-0.05, 0) is 42.5 Å². The number of rotatable bonds is 2. The number of aromatic nitrogens is 1. The van der Waals surface area contributed by atoms with E-state index in [0.717, 1.165) is 41.6 Å². The molecule has 1 N–H and O–H groups in total. The molecule has 1 amide bonds. The van der Waals surface area contributed by atoms with Gasteiger partial charge < -0.3 is 9.88 Å². The summed E-state index contributed by atoms with van der Waals surface area (Å²) in [5.74, 6) is -4.65. The first-order chi connectivity index (χ1) is 12.5. The average Bonchev–Trinajstić information content (AvgIpc) is 3.10. The van der Waals surface area contributed by atoms with Gasteiger partial charge in [0.15, 0.2) is 17.5 Å². The van der Waals surface area contributed by atoms with E-state index in [9.17, 15) is 18.0 Å². The van der Waals surface area contributed by atoms with E-state index >= 15 is 0 Å². The number of piperidine rings is 1. The number of nitrogens with one attached hydrogen (secondary N) is 1. The minimum atomic E-state index is -1.61. The van der Waals surface area contributed by atoms with Crippen molar-refractivity contribution >= 4 is 16.8 Å². The summed E-state index contributed by atoms with van der Waals surface area (Å²) in [7, 11) is 0. The second kappa shape index (κ2) is 6.52. The highest BCUT2D eigenvalue weighted by Crippen LogP contribution is 2.30. The predicted octanol–water partition coefficient (Wildman–Crippen LogP) is 4.61. The number of H-pyrrole nitrogens is 1. The first-order valence-corrected chi connectivity index (χ1v) is 8.55. The van der Waals surface area contributed by atoms with Gasteiger partial charge in [0, 0.05) is 30.2 Å². The van der Waals surface area contributed by atoms with Crippen molar-refractivity contribution in [2.45, 2.75) is 18.8 Å². The second-order valence-corrected chi connectivity index (χ2v) is 6.60. The van der Waals surface area contributed by atoms with Gasteiger partial charge in [0.05, 0.1) is 5.56 Å². The van der Waals surface area contributed by atoms with E-state index in [1.54, 1.807) is 0 Å². The molecule has 0 aliphatic carbocycles. The Kier molecular flexibility index (Phi) is 4.18. The third-order valence-corrected chi connectivity index (χ3v) is 5.04. The van der Waals surface area contributed by atoms with Crippen molar-refractivity contribution in [1.82, 2.24) is 9.88 Å². The molecule has 2 heterocycles. The third kappa shape index (κ3) is 2.85. The lowest BCUT2D eigenvalue weighted by Gasteiger charge is -2.31. The van der Waals surface area contributed by atoms with Crippen molar-refractivity contribution < 1.29 is 18.0 Å². The molecular formula is C20H17F3N2O. The lowest BCUT2D eigenvalue weighted by molar-refractivity contribution is 0.0706. The van der Waals surface area contributed by atoms with Gasteiger partial charge in [0.2, 0.25) is 0 Å². The first-order valence-electron chi connectivity index (χ1n) is 8.55. The maximum Gasteiger partial charge on any atom is 0.256 e. The number of halogens is 3. The number of para-hydroxylation sites is 1. The van der Waals surface area contributed by atoms with Gasteiger partial charge in [0.25, 0.3) is 5.91 Å². The summed E-state index contributed by atoms with van der Waals surface area (Å²) in [5, 5.41) is 1.14. The molecule has 134 valence electrons. The Morgan fingerprint density at radius 3 is 2.46 bits per heavy atom. The summed E-state index contributed by atoms with van der Waals surface area (Å²) in [6.45, 7) is 0.884. The van der Waals surface area contributed by atoms with E-state index in [2.05, 4.69) is 11.1 Å². The molecule has 0 unspecified atom stereocenters. The van der Waals surface area contributed by atoms with Crippen molar-refractivity contribution in [2.24, 2.45) is 0 Å². The molecule has 1 aromatic heterocycles. The Labute approximate surface area is 148 Å². The van der Waals surface area contributed by atoms with Crippen LogP contribution in [-0.4, -0.2) is 28.9 Å². The lowest BCUT2D eigenvalue weighted by atomic mass is 9.93. The zero-order valence-electron chi connectivity index (χ0n) is 13.9. The van der Waals surface area contributed by atoms with Crippen LogP contribution in [0.4, 0.5) is 13.2 Å². The summed E-state index contributed by atoms with van der Waals surface area (Å²) in [4.78, 5) is 17.4. The van der Waals surface area contributed by atoms with Crippen molar-refractivity contribution in [2.75, 3.05) is 13.1 Å². The fraction of sp³-hybridized carbons (Fsp3) is 0.250. The number of benzene rings is 2. The molecule has 3 aromatic rings. The Morgan fingerprint density at radius 2 is 1.73 bits per heavy atom. The van der Waals surface area contributed by atoms with Gasteiger partial charge in [-0.3, -0.25) is 4.79 Å². The molecule has 6 heteroatoms. The van der Waals surface area contributed by atoms with Crippen molar-refractivity contribution in [3.8, 4) is 0 Å². The fourth-order valence-corrected chi connectivity index (χ4v) is 3.57. The second-order valence-electron chi connectivity index (χ2n) is 6.60. The van der Waals surface area contributed by atoms with Crippen LogP contribution in [0.25, 0.3) is 10.9 Å². The highest BCUT2D eigenvalue weighted by Gasteiger charge is 2.28. The molecule has 1 aliphatic rings. The molecule has 2 aromatic carbocycles. The number of nitrogens with zero attached hydrogens (tertiary/aromatic N) is 1. The lowest BCUT2D eigenvalue weighted by Crippen LogP contribution is -2.38. The Bertz CT molecular complexity index is 941. The number of amides is 1. The molecule has 1 aliphatic heterocycles. The molecule has 4 rings (SSSR count). The zero-order chi connectivity index (χ0) is 18.3. The Balaban J connectivity index is 1.48. The van der Waals surface area contributed by atoms with Gasteiger partial charge in [-0.1, -0.05) is 18.2 Å². The molecule has 0 atom stereocenters. The van der Waals surface area contributed by atoms with E-state index in [0.29, 0.717) is 13.1 Å². The van der Waals surface area contributed by atoms with Crippen LogP contribution in [0.5, 0.6) is 0 Å². The monoisotopic (exact) mass is 358 g/mol. The van der Waals surface area contributed by atoms with Crippen LogP contribution in [0.2, 0.25) is 0 Å². The van der Waals surface area contributed by atoms with Gasteiger partial charge in [-0.15, -0.1) is 0 Å². The number of likely N-dealkylation sites (tertiary alicyclic amines) is 1. The highest BCUT2D eigenvalue weighted by atomic mass is 19.2. The van der Waals surface area contributed by atoms with Gasteiger partial charge in [-0.25, -0.2) is 13.2 Å². The van der Waals surface area contributed by atoms with E-state index in [4.69, 9.17) is 0 Å². The van der Waals surface area contributed by atoms with Crippen LogP contribution in [0, 0.1) is 17.5 Å². The molecule has 3 nitrogen and oxygen atoms in total. The SMILES string of the molecule is O=C(c1ccc(F)c(F)c1F)N1CCC(c2cc3ccccc3[nH]2)CC1. The zero-order valence-corrected chi connectivity index (χ0v) is 13.9. The number of carbonyl (C=O) groups excluding carboxylic acids is 1. The average molecular weight is 358 g/mol. The number of aromatic amines is 1. The topological polar surface area (TPSA) is 36.1 Å². The molecule has 1 fully saturated rings. The largest absolute Gasteiger partial charge is 0.358 e. The summed E-state index contributed by atoms with van der Waals surface area (Å²) in [6, 6.07) is 11.9. The van der Waals surface area contributed by atoms with E-state index in [1.165, 1.54) is 4.90 Å². The smallest absolute Gasteiger partial charge is 0.256 e. The third-order valence-electron chi connectivity index (χ3n) is 5.04. The van der Waals surface area contributed by atoms with Crippen molar-refractivity contribution in [3.05, 3.63) is 71.2 Å². The molecular weight excluding hydrogens is 341 g/mol. The maximum atomic E-state index is 13.9. The molecule has 26 heavy (non-hydrogen) atoms. The summed E-state index contributed by atoms with van der Waals surface area (Å²) in [5.41, 5.74) is 1.77. The minimum Gasteiger partial charge on any atom is -0.358 e. The van der Waals surface area contributed by atoms with E-state index < -0.39 is 28.9 Å². The number of hydrogen-bond acceptors (Lipinski definition) is 1. The van der Waals surface area contributed by atoms with Crippen LogP contribution in [0.1, 0.15) is 34.8 Å². The van der Waals surface area contributed by atoms with Crippen LogP contribution in [0.15, 0.2) is 42.5 Å². The van der Waals surface area contributed by atoms with E-state index in [-0.39, 0.29) is 5.92 Å². The first kappa shape index (κ1) is 16.7. The van der Waals surface area contributed by atoms with Crippen LogP contribution < -0.4 is 0 Å². The highest BCUT2D eigenvalue weighted by molar-refractivity contribution is 5.94. The summed E-state index contributed by atoms with van der Waals surface area (Å²) >= 11 is 0. The maximum absolute atomic E-state index is 13.9. The van der Waals surface area contributed by atoms with E-state index in [1.807, 2.05) is 24.3 Å². The van der Waals surface area contributed by atoms with Crippen molar-refractivity contribution in [1.29, 1.82) is 0 Å². The van der Waals surface area contributed by atoms with Crippen molar-refractivity contribution in [3.63, 3.8) is 0 Å². The Hall–Kier alpha value is -2.76. The number of fused-ring (bicyclic) bond motifs is 1. The fourth-order valence-electron chi connectivity index (χ4n) is 3.57. The molecule has 0 bridgehead atoms. The summed E-state index contributed by atoms with van der Waals surface area (Å²) in [6.07, 6.45) is 1.45. The van der Waals surface area contributed by atoms with Crippen LogP contribution in [-0.2, 0) is 0 Å². The molecule has 0 saturated carbocycles. The quantitative estimate of drug-likeness (QED) is 0.668. The van der Waals surface area contributed by atoms with Gasteiger partial charge in [0.1, 0.15) is 0 Å². The molecule has 1 saturated heterocycles. The Morgan fingerprint density at radius 1 is 1.00 bits per heavy atom. The number of carbonyl (C=O) groups is 1. The summed E-state index contributed by atoms with van der Waals surface area (Å²) < 4.78 is 40.3. The van der Waals surface area contributed by atoms with Gasteiger partial charge in [-0.2, -0.15) is 0 Å². The van der Waals surface area contributed by atoms with Gasteiger partial charge >= 0.3 is 0 Å². The molecule has 0 radical (unpaired) electrons.